The summed E-state index contributed by atoms with van der Waals surface area (Å²) in [6.07, 6.45) is -3.50. The molecular weight excluding hydrogens is 249 g/mol. The second kappa shape index (κ2) is 3.94. The minimum Gasteiger partial charge on any atom is -0.478 e. The van der Waals surface area contributed by atoms with E-state index in [0.29, 0.717) is 10.9 Å². The molecule has 4 nitrogen and oxygen atoms in total. The number of hydrogen-bond donors (Lipinski definition) is 1. The molecule has 0 saturated heterocycles. The van der Waals surface area contributed by atoms with Gasteiger partial charge in [0.2, 0.25) is 0 Å². The molecule has 0 saturated carbocycles. The minimum absolute atomic E-state index is 0.118. The summed E-state index contributed by atoms with van der Waals surface area (Å²) in [5, 5.41) is 9.11. The van der Waals surface area contributed by atoms with E-state index in [1.165, 1.54) is 6.20 Å². The summed E-state index contributed by atoms with van der Waals surface area (Å²) >= 11 is 0. The van der Waals surface area contributed by atoms with Gasteiger partial charge in [-0.3, -0.25) is 0 Å². The summed E-state index contributed by atoms with van der Waals surface area (Å²) in [7, 11) is 0. The average molecular weight is 256 g/mol. The van der Waals surface area contributed by atoms with Crippen molar-refractivity contribution >= 4 is 17.0 Å². The van der Waals surface area contributed by atoms with Crippen LogP contribution in [0.25, 0.3) is 11.0 Å². The Morgan fingerprint density at radius 3 is 2.61 bits per heavy atom. The number of carbonyl (C=O) groups is 1. The lowest BCUT2D eigenvalue weighted by atomic mass is 10.1. The van der Waals surface area contributed by atoms with E-state index in [0.717, 1.165) is 6.07 Å². The average Bonchev–Trinajstić information content (AvgIpc) is 2.26. The fourth-order valence-electron chi connectivity index (χ4n) is 1.58. The molecule has 0 amide bonds. The lowest BCUT2D eigenvalue weighted by molar-refractivity contribution is -0.141. The van der Waals surface area contributed by atoms with Crippen molar-refractivity contribution in [2.75, 3.05) is 0 Å². The van der Waals surface area contributed by atoms with Crippen LogP contribution in [0.4, 0.5) is 13.2 Å². The Morgan fingerprint density at radius 2 is 2.06 bits per heavy atom. The molecule has 1 N–H and O–H groups in total. The molecule has 0 unspecified atom stereocenters. The van der Waals surface area contributed by atoms with Gasteiger partial charge in [-0.2, -0.15) is 13.2 Å². The predicted octanol–water partition coefficient (Wildman–Crippen LogP) is 2.66. The lowest BCUT2D eigenvalue weighted by Gasteiger charge is -2.10. The first-order chi connectivity index (χ1) is 8.30. The first-order valence-corrected chi connectivity index (χ1v) is 4.87. The fourth-order valence-corrected chi connectivity index (χ4v) is 1.58. The number of pyridine rings is 2. The molecule has 0 bridgehead atoms. The number of rotatable bonds is 1. The summed E-state index contributed by atoms with van der Waals surface area (Å²) in [4.78, 5) is 17.9. The van der Waals surface area contributed by atoms with Gasteiger partial charge in [0.15, 0.2) is 11.3 Å². The Kier molecular flexibility index (Phi) is 2.68. The van der Waals surface area contributed by atoms with Crippen LogP contribution in [0.5, 0.6) is 0 Å². The van der Waals surface area contributed by atoms with Gasteiger partial charge in [0, 0.05) is 11.6 Å². The van der Waals surface area contributed by atoms with Gasteiger partial charge in [-0.25, -0.2) is 14.8 Å². The van der Waals surface area contributed by atoms with Gasteiger partial charge in [0.25, 0.3) is 0 Å². The van der Waals surface area contributed by atoms with Crippen LogP contribution in [0, 0.1) is 6.92 Å². The van der Waals surface area contributed by atoms with Crippen LogP contribution in [0.3, 0.4) is 0 Å². The quantitative estimate of drug-likeness (QED) is 0.851. The molecule has 18 heavy (non-hydrogen) atoms. The monoisotopic (exact) mass is 256 g/mol. The molecule has 0 aliphatic rings. The molecule has 0 atom stereocenters. The molecule has 0 aliphatic carbocycles. The maximum Gasteiger partial charge on any atom is 0.434 e. The van der Waals surface area contributed by atoms with E-state index in [1.54, 1.807) is 13.0 Å². The van der Waals surface area contributed by atoms with Crippen LogP contribution >= 0.6 is 0 Å². The number of fused-ring (bicyclic) bond motifs is 1. The molecule has 94 valence electrons. The van der Waals surface area contributed by atoms with Crippen molar-refractivity contribution in [1.82, 2.24) is 9.97 Å². The molecule has 2 heterocycles. The van der Waals surface area contributed by atoms with Crippen LogP contribution < -0.4 is 0 Å². The van der Waals surface area contributed by atoms with Crippen molar-refractivity contribution in [3.63, 3.8) is 0 Å². The van der Waals surface area contributed by atoms with E-state index >= 15 is 0 Å². The molecule has 7 heteroatoms. The summed E-state index contributed by atoms with van der Waals surface area (Å²) in [5.41, 5.74) is -1.80. The van der Waals surface area contributed by atoms with Gasteiger partial charge in [0.1, 0.15) is 0 Å². The Hall–Kier alpha value is -2.18. The Balaban J connectivity index is 2.86. The molecule has 2 aromatic rings. The highest BCUT2D eigenvalue weighted by Crippen LogP contribution is 2.32. The minimum atomic E-state index is -4.83. The third-order valence-corrected chi connectivity index (χ3v) is 2.45. The number of aromatic carboxylic acids is 1. The van der Waals surface area contributed by atoms with Gasteiger partial charge in [0.05, 0.1) is 5.56 Å². The molecule has 0 fully saturated rings. The number of carboxylic acid groups (broad SMARTS) is 1. The van der Waals surface area contributed by atoms with E-state index < -0.39 is 23.4 Å². The maximum absolute atomic E-state index is 12.7. The highest BCUT2D eigenvalue weighted by molar-refractivity contribution is 5.94. The van der Waals surface area contributed by atoms with Gasteiger partial charge < -0.3 is 5.11 Å². The predicted molar refractivity (Wildman–Crippen MR) is 56.2 cm³/mol. The summed E-state index contributed by atoms with van der Waals surface area (Å²) in [6, 6.07) is 2.53. The van der Waals surface area contributed by atoms with Crippen LogP contribution in [-0.4, -0.2) is 21.0 Å². The van der Waals surface area contributed by atoms with Crippen molar-refractivity contribution < 1.29 is 23.1 Å². The summed E-state index contributed by atoms with van der Waals surface area (Å²) < 4.78 is 38.1. The zero-order valence-corrected chi connectivity index (χ0v) is 9.12. The second-order valence-corrected chi connectivity index (χ2v) is 3.69. The standard InChI is InChI=1S/C11H7F3N2O2/c1-5-2-3-15-9-6(5)4-7(10(17)18)8(16-9)11(12,13)14/h2-4H,1H3,(H,17,18). The SMILES string of the molecule is Cc1ccnc2nc(C(F)(F)F)c(C(=O)O)cc12. The first-order valence-electron chi connectivity index (χ1n) is 4.87. The third-order valence-electron chi connectivity index (χ3n) is 2.45. The highest BCUT2D eigenvalue weighted by Gasteiger charge is 2.38. The van der Waals surface area contributed by atoms with Crippen molar-refractivity contribution in [3.05, 3.63) is 35.2 Å². The molecule has 0 radical (unpaired) electrons. The van der Waals surface area contributed by atoms with E-state index in [4.69, 9.17) is 5.11 Å². The molecule has 2 aromatic heterocycles. The van der Waals surface area contributed by atoms with Crippen molar-refractivity contribution in [1.29, 1.82) is 0 Å². The smallest absolute Gasteiger partial charge is 0.434 e. The van der Waals surface area contributed by atoms with E-state index in [9.17, 15) is 18.0 Å². The molecule has 0 aromatic carbocycles. The summed E-state index contributed by atoms with van der Waals surface area (Å²) in [5.74, 6) is -1.67. The number of aryl methyl sites for hydroxylation is 1. The van der Waals surface area contributed by atoms with Gasteiger partial charge in [-0.1, -0.05) is 0 Å². The highest BCUT2D eigenvalue weighted by atomic mass is 19.4. The van der Waals surface area contributed by atoms with Crippen LogP contribution in [0.1, 0.15) is 21.6 Å². The normalized spacial score (nSPS) is 11.8. The fraction of sp³-hybridized carbons (Fsp3) is 0.182. The topological polar surface area (TPSA) is 63.1 Å². The van der Waals surface area contributed by atoms with E-state index in [-0.39, 0.29) is 5.65 Å². The van der Waals surface area contributed by atoms with Crippen molar-refractivity contribution in [2.45, 2.75) is 13.1 Å². The van der Waals surface area contributed by atoms with E-state index in [1.807, 2.05) is 0 Å². The molecule has 2 rings (SSSR count). The Morgan fingerprint density at radius 1 is 1.39 bits per heavy atom. The Bertz CT molecular complexity index is 638. The third kappa shape index (κ3) is 1.99. The number of halogens is 3. The van der Waals surface area contributed by atoms with Crippen molar-refractivity contribution in [3.8, 4) is 0 Å². The molecule has 0 spiro atoms. The number of nitrogens with zero attached hydrogens (tertiary/aromatic N) is 2. The Labute approximate surface area is 99.1 Å². The second-order valence-electron chi connectivity index (χ2n) is 3.69. The number of aromatic nitrogens is 2. The molecular formula is C11H7F3N2O2. The van der Waals surface area contributed by atoms with Crippen LogP contribution in [0.2, 0.25) is 0 Å². The number of carboxylic acids is 1. The zero-order chi connectivity index (χ0) is 13.5. The van der Waals surface area contributed by atoms with Crippen LogP contribution in [0.15, 0.2) is 18.3 Å². The number of alkyl halides is 3. The van der Waals surface area contributed by atoms with Crippen LogP contribution in [-0.2, 0) is 6.18 Å². The zero-order valence-electron chi connectivity index (χ0n) is 9.12. The van der Waals surface area contributed by atoms with Gasteiger partial charge in [-0.15, -0.1) is 0 Å². The summed E-state index contributed by atoms with van der Waals surface area (Å²) in [6.45, 7) is 1.64. The maximum atomic E-state index is 12.7. The van der Waals surface area contributed by atoms with E-state index in [2.05, 4.69) is 9.97 Å². The van der Waals surface area contributed by atoms with Crippen molar-refractivity contribution in [2.24, 2.45) is 0 Å². The lowest BCUT2D eigenvalue weighted by Crippen LogP contribution is -2.16. The molecule has 0 aliphatic heterocycles. The number of hydrogen-bond acceptors (Lipinski definition) is 3. The van der Waals surface area contributed by atoms with Gasteiger partial charge >= 0.3 is 12.1 Å². The first kappa shape index (κ1) is 12.3. The van der Waals surface area contributed by atoms with Gasteiger partial charge in [-0.05, 0) is 24.6 Å². The largest absolute Gasteiger partial charge is 0.478 e.